The molecule has 0 bridgehead atoms. The van der Waals surface area contributed by atoms with E-state index in [1.54, 1.807) is 35.1 Å². The summed E-state index contributed by atoms with van der Waals surface area (Å²) in [6.07, 6.45) is 6.59. The highest BCUT2D eigenvalue weighted by Gasteiger charge is 2.47. The average Bonchev–Trinajstić information content (AvgIpc) is 3.47. The molecule has 172 valence electrons. The van der Waals surface area contributed by atoms with Gasteiger partial charge in [0, 0.05) is 51.8 Å². The van der Waals surface area contributed by atoms with Gasteiger partial charge in [0.05, 0.1) is 5.41 Å². The maximum atomic E-state index is 13.8. The fourth-order valence-electron chi connectivity index (χ4n) is 4.76. The fourth-order valence-corrected chi connectivity index (χ4v) is 4.76. The van der Waals surface area contributed by atoms with Crippen molar-refractivity contribution in [3.05, 3.63) is 72.3 Å². The maximum Gasteiger partial charge on any atom is 0.274 e. The van der Waals surface area contributed by atoms with Crippen LogP contribution in [0.4, 0.5) is 0 Å². The molecule has 2 amide bonds. The quantitative estimate of drug-likeness (QED) is 0.559. The van der Waals surface area contributed by atoms with E-state index >= 15 is 0 Å². The van der Waals surface area contributed by atoms with E-state index in [-0.39, 0.29) is 11.8 Å². The van der Waals surface area contributed by atoms with Crippen LogP contribution in [0, 0.1) is 5.41 Å². The van der Waals surface area contributed by atoms with E-state index in [0.29, 0.717) is 44.7 Å². The molecule has 1 fully saturated rings. The Bertz CT molecular complexity index is 1120. The average molecular weight is 446 g/mol. The van der Waals surface area contributed by atoms with Crippen molar-refractivity contribution in [1.82, 2.24) is 24.6 Å². The van der Waals surface area contributed by atoms with Crippen molar-refractivity contribution in [2.45, 2.75) is 26.7 Å². The van der Waals surface area contributed by atoms with Crippen molar-refractivity contribution in [2.24, 2.45) is 12.5 Å². The van der Waals surface area contributed by atoms with Crippen LogP contribution in [0.25, 0.3) is 11.1 Å². The number of likely N-dealkylation sites (tertiary alicyclic amines) is 1. The molecule has 0 radical (unpaired) electrons. The van der Waals surface area contributed by atoms with Crippen molar-refractivity contribution in [1.29, 1.82) is 0 Å². The van der Waals surface area contributed by atoms with Gasteiger partial charge in [0.2, 0.25) is 5.91 Å². The van der Waals surface area contributed by atoms with Gasteiger partial charge in [0.15, 0.2) is 0 Å². The summed E-state index contributed by atoms with van der Waals surface area (Å²) in [5.41, 5.74) is 2.97. The number of carbonyl (C=O) groups excluding carboxylic acids is 2. The van der Waals surface area contributed by atoms with Gasteiger partial charge in [-0.2, -0.15) is 5.10 Å². The van der Waals surface area contributed by atoms with Crippen LogP contribution in [0.3, 0.4) is 0 Å². The van der Waals surface area contributed by atoms with Crippen LogP contribution in [0.15, 0.2) is 61.1 Å². The van der Waals surface area contributed by atoms with Crippen LogP contribution in [0.1, 0.15) is 36.3 Å². The zero-order chi connectivity index (χ0) is 23.4. The molecular weight excluding hydrogens is 414 g/mol. The molecule has 4 rings (SSSR count). The first kappa shape index (κ1) is 22.7. The molecule has 1 aromatic carbocycles. The van der Waals surface area contributed by atoms with Gasteiger partial charge >= 0.3 is 0 Å². The Hall–Kier alpha value is -3.48. The SMILES string of the molecule is CCN(CC)C(=O)C1(Cc2cccc(-c3cccnc3)c2)CCN(C(=O)c2ccn(C)n2)C1. The van der Waals surface area contributed by atoms with Crippen molar-refractivity contribution < 1.29 is 9.59 Å². The highest BCUT2D eigenvalue weighted by atomic mass is 16.2. The minimum absolute atomic E-state index is 0.117. The van der Waals surface area contributed by atoms with Gasteiger partial charge in [-0.05, 0) is 55.5 Å². The first-order chi connectivity index (χ1) is 16.0. The molecule has 0 N–H and O–H groups in total. The normalized spacial score (nSPS) is 17.8. The van der Waals surface area contributed by atoms with Gasteiger partial charge in [0.25, 0.3) is 5.91 Å². The van der Waals surface area contributed by atoms with E-state index in [4.69, 9.17) is 0 Å². The van der Waals surface area contributed by atoms with Crippen molar-refractivity contribution in [2.75, 3.05) is 26.2 Å². The lowest BCUT2D eigenvalue weighted by Gasteiger charge is -2.33. The Labute approximate surface area is 195 Å². The van der Waals surface area contributed by atoms with E-state index in [1.807, 2.05) is 43.1 Å². The molecule has 1 aliphatic heterocycles. The number of hydrogen-bond donors (Lipinski definition) is 0. The van der Waals surface area contributed by atoms with Crippen molar-refractivity contribution >= 4 is 11.8 Å². The second kappa shape index (κ2) is 9.57. The second-order valence-corrected chi connectivity index (χ2v) is 8.73. The lowest BCUT2D eigenvalue weighted by Crippen LogP contribution is -2.47. The summed E-state index contributed by atoms with van der Waals surface area (Å²) < 4.78 is 1.63. The molecular formula is C26H31N5O2. The predicted octanol–water partition coefficient (Wildman–Crippen LogP) is 3.43. The minimum Gasteiger partial charge on any atom is -0.343 e. The van der Waals surface area contributed by atoms with Gasteiger partial charge in [0.1, 0.15) is 5.69 Å². The molecule has 1 atom stereocenters. The standard InChI is InChI=1S/C26H31N5O2/c1-4-30(5-2)25(33)26(12-15-31(19-26)24(32)23-11-14-29(3)28-23)17-20-8-6-9-21(16-20)22-10-7-13-27-18-22/h6-11,13-14,16,18H,4-5,12,15,17,19H2,1-3H3. The Morgan fingerprint density at radius 3 is 2.55 bits per heavy atom. The molecule has 0 spiro atoms. The van der Waals surface area contributed by atoms with Gasteiger partial charge < -0.3 is 9.80 Å². The fraction of sp³-hybridized carbons (Fsp3) is 0.385. The summed E-state index contributed by atoms with van der Waals surface area (Å²) >= 11 is 0. The summed E-state index contributed by atoms with van der Waals surface area (Å²) in [6.45, 7) is 6.26. The first-order valence-electron chi connectivity index (χ1n) is 11.5. The van der Waals surface area contributed by atoms with Crippen LogP contribution >= 0.6 is 0 Å². The largest absolute Gasteiger partial charge is 0.343 e. The molecule has 33 heavy (non-hydrogen) atoms. The number of rotatable bonds is 7. The first-order valence-corrected chi connectivity index (χ1v) is 11.5. The van der Waals surface area contributed by atoms with Crippen LogP contribution in [0.2, 0.25) is 0 Å². The predicted molar refractivity (Wildman–Crippen MR) is 127 cm³/mol. The highest BCUT2D eigenvalue weighted by molar-refractivity contribution is 5.93. The van der Waals surface area contributed by atoms with E-state index < -0.39 is 5.41 Å². The molecule has 1 saturated heterocycles. The lowest BCUT2D eigenvalue weighted by atomic mass is 9.79. The van der Waals surface area contributed by atoms with Gasteiger partial charge in [-0.3, -0.25) is 19.3 Å². The third-order valence-corrected chi connectivity index (χ3v) is 6.54. The molecule has 7 nitrogen and oxygen atoms in total. The highest BCUT2D eigenvalue weighted by Crippen LogP contribution is 2.37. The monoisotopic (exact) mass is 445 g/mol. The van der Waals surface area contributed by atoms with Gasteiger partial charge in [-0.25, -0.2) is 0 Å². The molecule has 1 aliphatic rings. The molecule has 3 heterocycles. The van der Waals surface area contributed by atoms with E-state index in [9.17, 15) is 9.59 Å². The Kier molecular flexibility index (Phi) is 6.58. The molecule has 7 heteroatoms. The summed E-state index contributed by atoms with van der Waals surface area (Å²) in [5.74, 6) is 0.00420. The van der Waals surface area contributed by atoms with Crippen LogP contribution in [0.5, 0.6) is 0 Å². The van der Waals surface area contributed by atoms with E-state index in [0.717, 1.165) is 16.7 Å². The molecule has 0 saturated carbocycles. The molecule has 0 aliphatic carbocycles. The third-order valence-electron chi connectivity index (χ3n) is 6.54. The van der Waals surface area contributed by atoms with Crippen LogP contribution < -0.4 is 0 Å². The third kappa shape index (κ3) is 4.67. The topological polar surface area (TPSA) is 71.3 Å². The lowest BCUT2D eigenvalue weighted by molar-refractivity contribution is -0.141. The minimum atomic E-state index is -0.649. The summed E-state index contributed by atoms with van der Waals surface area (Å²) in [5, 5.41) is 4.27. The van der Waals surface area contributed by atoms with Crippen molar-refractivity contribution in [3.63, 3.8) is 0 Å². The molecule has 1 unspecified atom stereocenters. The number of aromatic nitrogens is 3. The molecule has 2 aromatic heterocycles. The smallest absolute Gasteiger partial charge is 0.274 e. The zero-order valence-electron chi connectivity index (χ0n) is 19.6. The number of carbonyl (C=O) groups is 2. The zero-order valence-corrected chi connectivity index (χ0v) is 19.6. The summed E-state index contributed by atoms with van der Waals surface area (Å²) in [4.78, 5) is 34.7. The van der Waals surface area contributed by atoms with Gasteiger partial charge in [-0.1, -0.05) is 30.3 Å². The molecule has 3 aromatic rings. The van der Waals surface area contributed by atoms with E-state index in [2.05, 4.69) is 28.3 Å². The number of pyridine rings is 1. The summed E-state index contributed by atoms with van der Waals surface area (Å²) in [6, 6.07) is 14.0. The number of benzene rings is 1. The number of amides is 2. The van der Waals surface area contributed by atoms with Gasteiger partial charge in [-0.15, -0.1) is 0 Å². The van der Waals surface area contributed by atoms with Crippen LogP contribution in [-0.2, 0) is 18.3 Å². The van der Waals surface area contributed by atoms with E-state index in [1.165, 1.54) is 0 Å². The number of nitrogens with zero attached hydrogens (tertiary/aromatic N) is 5. The Balaban J connectivity index is 1.64. The number of hydrogen-bond acceptors (Lipinski definition) is 4. The van der Waals surface area contributed by atoms with Crippen molar-refractivity contribution in [3.8, 4) is 11.1 Å². The number of aryl methyl sites for hydroxylation is 1. The summed E-state index contributed by atoms with van der Waals surface area (Å²) in [7, 11) is 1.80. The Morgan fingerprint density at radius 2 is 1.88 bits per heavy atom. The van der Waals surface area contributed by atoms with Crippen LogP contribution in [-0.4, -0.2) is 62.6 Å². The maximum absolute atomic E-state index is 13.8. The Morgan fingerprint density at radius 1 is 1.09 bits per heavy atom. The second-order valence-electron chi connectivity index (χ2n) is 8.73.